The molecule has 0 aromatic heterocycles. The van der Waals surface area contributed by atoms with Crippen LogP contribution in [0, 0.1) is 0 Å². The molecule has 12 heteroatoms. The first-order chi connectivity index (χ1) is 23.1. The average molecular weight is 708 g/mol. The number of hydrogen-bond donors (Lipinski definition) is 4. The van der Waals surface area contributed by atoms with Crippen molar-refractivity contribution in [3.8, 4) is 0 Å². The molecule has 0 fully saturated rings. The van der Waals surface area contributed by atoms with E-state index in [2.05, 4.69) is 21.3 Å². The van der Waals surface area contributed by atoms with Crippen molar-refractivity contribution in [1.29, 1.82) is 0 Å². The molecule has 0 radical (unpaired) electrons. The largest absolute Gasteiger partial charge is 0.480 e. The molecular weight excluding hydrogens is 637 g/mol. The van der Waals surface area contributed by atoms with Gasteiger partial charge < -0.3 is 25.2 Å². The smallest absolute Gasteiger partial charge is 0.472 e. The lowest BCUT2D eigenvalue weighted by Gasteiger charge is -2.18. The average Bonchev–Trinajstić information content (AvgIpc) is 3.06. The molecule has 48 heavy (non-hydrogen) atoms. The van der Waals surface area contributed by atoms with E-state index in [1.165, 1.54) is 128 Å². The van der Waals surface area contributed by atoms with Gasteiger partial charge >= 0.3 is 19.8 Å². The number of carbonyl (C=O) groups is 3. The van der Waals surface area contributed by atoms with Gasteiger partial charge in [0, 0.05) is 12.8 Å². The van der Waals surface area contributed by atoms with Crippen LogP contribution in [0.4, 0.5) is 0 Å². The third-order valence-electron chi connectivity index (χ3n) is 8.45. The Morgan fingerprint density at radius 2 is 0.979 bits per heavy atom. The highest BCUT2D eigenvalue weighted by Gasteiger charge is 2.28. The Morgan fingerprint density at radius 1 is 0.604 bits per heavy atom. The molecule has 0 spiro atoms. The number of esters is 1. The predicted octanol–water partition coefficient (Wildman–Crippen LogP) is 8.78. The zero-order valence-corrected chi connectivity index (χ0v) is 31.2. The van der Waals surface area contributed by atoms with E-state index in [0.29, 0.717) is 6.42 Å². The first-order valence-corrected chi connectivity index (χ1v) is 20.6. The van der Waals surface area contributed by atoms with Crippen molar-refractivity contribution in [1.82, 2.24) is 5.32 Å². The highest BCUT2D eigenvalue weighted by Crippen LogP contribution is 2.43. The van der Waals surface area contributed by atoms with Gasteiger partial charge in [0.25, 0.3) is 0 Å². The van der Waals surface area contributed by atoms with E-state index in [4.69, 9.17) is 4.74 Å². The van der Waals surface area contributed by atoms with Gasteiger partial charge in [-0.2, -0.15) is 0 Å². The van der Waals surface area contributed by atoms with Crippen LogP contribution in [-0.2, 0) is 32.7 Å². The SMILES string of the molecule is CCCCCCCCCCCCCCCCCCCCCCCCCCC(=O)NC(COP(=O)(O)OCC(O)COC(=O)CC)C(=O)O. The van der Waals surface area contributed by atoms with Crippen LogP contribution in [0.15, 0.2) is 0 Å². The van der Waals surface area contributed by atoms with Gasteiger partial charge in [0.15, 0.2) is 6.04 Å². The summed E-state index contributed by atoms with van der Waals surface area (Å²) >= 11 is 0. The van der Waals surface area contributed by atoms with Crippen molar-refractivity contribution in [3.05, 3.63) is 0 Å². The lowest BCUT2D eigenvalue weighted by atomic mass is 10.0. The Kier molecular flexibility index (Phi) is 31.6. The van der Waals surface area contributed by atoms with Gasteiger partial charge in [-0.25, -0.2) is 9.36 Å². The van der Waals surface area contributed by atoms with E-state index in [9.17, 15) is 34.1 Å². The Morgan fingerprint density at radius 3 is 1.35 bits per heavy atom. The number of carboxylic acid groups (broad SMARTS) is 1. The van der Waals surface area contributed by atoms with E-state index < -0.39 is 57.6 Å². The summed E-state index contributed by atoms with van der Waals surface area (Å²) in [6, 6.07) is -1.54. The van der Waals surface area contributed by atoms with E-state index in [1.807, 2.05) is 0 Å². The van der Waals surface area contributed by atoms with Crippen molar-refractivity contribution in [2.75, 3.05) is 19.8 Å². The van der Waals surface area contributed by atoms with Gasteiger partial charge in [-0.1, -0.05) is 162 Å². The van der Waals surface area contributed by atoms with Gasteiger partial charge in [-0.3, -0.25) is 18.6 Å². The Balaban J connectivity index is 3.66. The summed E-state index contributed by atoms with van der Waals surface area (Å²) in [5.41, 5.74) is 0. The van der Waals surface area contributed by atoms with Crippen LogP contribution in [0.25, 0.3) is 0 Å². The molecule has 3 atom stereocenters. The fourth-order valence-electron chi connectivity index (χ4n) is 5.41. The minimum atomic E-state index is -4.71. The summed E-state index contributed by atoms with van der Waals surface area (Å²) in [5.74, 6) is -2.45. The number of phosphoric acid groups is 1. The molecule has 0 aromatic carbocycles. The summed E-state index contributed by atoms with van der Waals surface area (Å²) in [7, 11) is -4.71. The molecule has 3 unspecified atom stereocenters. The van der Waals surface area contributed by atoms with Crippen LogP contribution in [0.2, 0.25) is 0 Å². The Hall–Kier alpha value is -1.52. The molecule has 4 N–H and O–H groups in total. The fourth-order valence-corrected chi connectivity index (χ4v) is 6.19. The van der Waals surface area contributed by atoms with Crippen molar-refractivity contribution >= 4 is 25.7 Å². The molecule has 0 heterocycles. The Labute approximate surface area is 291 Å². The first-order valence-electron chi connectivity index (χ1n) is 19.1. The number of carboxylic acids is 1. The molecule has 0 aliphatic carbocycles. The van der Waals surface area contributed by atoms with Gasteiger partial charge in [0.2, 0.25) is 5.91 Å². The zero-order chi connectivity index (χ0) is 35.7. The minimum Gasteiger partial charge on any atom is -0.480 e. The van der Waals surface area contributed by atoms with Crippen molar-refractivity contribution in [2.24, 2.45) is 0 Å². The van der Waals surface area contributed by atoms with Crippen LogP contribution < -0.4 is 5.32 Å². The quantitative estimate of drug-likeness (QED) is 0.0281. The zero-order valence-electron chi connectivity index (χ0n) is 30.3. The third-order valence-corrected chi connectivity index (χ3v) is 9.40. The molecule has 0 bridgehead atoms. The number of aliphatic hydroxyl groups excluding tert-OH is 1. The normalized spacial score (nSPS) is 13.9. The second-order valence-electron chi connectivity index (χ2n) is 13.1. The summed E-state index contributed by atoms with van der Waals surface area (Å²) < 4.78 is 26.0. The highest BCUT2D eigenvalue weighted by molar-refractivity contribution is 7.47. The van der Waals surface area contributed by atoms with Gasteiger partial charge in [0.05, 0.1) is 13.2 Å². The van der Waals surface area contributed by atoms with E-state index >= 15 is 0 Å². The number of aliphatic carboxylic acids is 1. The van der Waals surface area contributed by atoms with Crippen LogP contribution in [0.3, 0.4) is 0 Å². The highest BCUT2D eigenvalue weighted by atomic mass is 31.2. The number of carbonyl (C=O) groups excluding carboxylic acids is 2. The Bertz CT molecular complexity index is 844. The summed E-state index contributed by atoms with van der Waals surface area (Å²) in [5, 5.41) is 21.3. The molecule has 1 amide bonds. The minimum absolute atomic E-state index is 0.108. The molecule has 0 saturated carbocycles. The molecule has 0 aliphatic heterocycles. The summed E-state index contributed by atoms with van der Waals surface area (Å²) in [6.45, 7) is 1.95. The lowest BCUT2D eigenvalue weighted by Crippen LogP contribution is -2.43. The van der Waals surface area contributed by atoms with Crippen molar-refractivity contribution in [2.45, 2.75) is 193 Å². The molecule has 11 nitrogen and oxygen atoms in total. The van der Waals surface area contributed by atoms with Crippen LogP contribution in [0.1, 0.15) is 181 Å². The number of nitrogens with one attached hydrogen (secondary N) is 1. The number of phosphoric ester groups is 1. The molecule has 284 valence electrons. The van der Waals surface area contributed by atoms with Crippen molar-refractivity contribution < 1.29 is 47.8 Å². The standard InChI is InChI=1S/C36H70NO10P/c1-3-5-6-7-8-9-10-11-12-13-14-15-16-17-18-19-20-21-22-23-24-25-26-27-28-34(39)37-33(36(41)42)31-47-48(43,44)46-30-32(38)29-45-35(40)4-2/h32-33,38H,3-31H2,1-2H3,(H,37,39)(H,41,42)(H,43,44). The maximum atomic E-state index is 12.2. The number of rotatable bonds is 36. The molecule has 0 aromatic rings. The lowest BCUT2D eigenvalue weighted by molar-refractivity contribution is -0.146. The second-order valence-corrected chi connectivity index (χ2v) is 14.5. The van der Waals surface area contributed by atoms with E-state index in [0.717, 1.165) is 19.3 Å². The molecule has 0 rings (SSSR count). The van der Waals surface area contributed by atoms with Crippen LogP contribution >= 0.6 is 7.82 Å². The summed E-state index contributed by atoms with van der Waals surface area (Å²) in [6.07, 6.45) is 29.9. The second kappa shape index (κ2) is 32.7. The maximum Gasteiger partial charge on any atom is 0.472 e. The first kappa shape index (κ1) is 46.5. The van der Waals surface area contributed by atoms with Gasteiger partial charge in [-0.15, -0.1) is 0 Å². The number of aliphatic hydroxyl groups is 1. The predicted molar refractivity (Wildman–Crippen MR) is 190 cm³/mol. The monoisotopic (exact) mass is 707 g/mol. The topological polar surface area (TPSA) is 169 Å². The van der Waals surface area contributed by atoms with E-state index in [1.54, 1.807) is 6.92 Å². The van der Waals surface area contributed by atoms with E-state index in [-0.39, 0.29) is 12.8 Å². The van der Waals surface area contributed by atoms with Gasteiger partial charge in [-0.05, 0) is 6.42 Å². The van der Waals surface area contributed by atoms with Crippen molar-refractivity contribution in [3.63, 3.8) is 0 Å². The van der Waals surface area contributed by atoms with Crippen LogP contribution in [0.5, 0.6) is 0 Å². The maximum absolute atomic E-state index is 12.2. The summed E-state index contributed by atoms with van der Waals surface area (Å²) in [4.78, 5) is 44.5. The fraction of sp³-hybridized carbons (Fsp3) is 0.917. The molecule has 0 saturated heterocycles. The number of hydrogen-bond acceptors (Lipinski definition) is 8. The number of ether oxygens (including phenoxy) is 1. The van der Waals surface area contributed by atoms with Crippen LogP contribution in [-0.4, -0.2) is 64.9 Å². The molecular formula is C36H70NO10P. The number of amides is 1. The number of unbranched alkanes of at least 4 members (excludes halogenated alkanes) is 23. The molecule has 0 aliphatic rings. The van der Waals surface area contributed by atoms with Gasteiger partial charge in [0.1, 0.15) is 12.7 Å². The third kappa shape index (κ3) is 31.7.